The van der Waals surface area contributed by atoms with E-state index in [0.717, 1.165) is 6.07 Å². The van der Waals surface area contributed by atoms with E-state index in [2.05, 4.69) is 4.72 Å². The lowest BCUT2D eigenvalue weighted by Gasteiger charge is -2.10. The third-order valence-corrected chi connectivity index (χ3v) is 3.75. The van der Waals surface area contributed by atoms with Crippen LogP contribution in [0.15, 0.2) is 29.2 Å². The maximum atomic E-state index is 11.7. The third kappa shape index (κ3) is 3.76. The van der Waals surface area contributed by atoms with E-state index in [1.54, 1.807) is 0 Å². The predicted octanol–water partition coefficient (Wildman–Crippen LogP) is -0.375. The lowest BCUT2D eigenvalue weighted by Crippen LogP contribution is -2.30. The third-order valence-electron chi connectivity index (χ3n) is 2.33. The molecule has 0 saturated carbocycles. The zero-order valence-electron chi connectivity index (χ0n) is 10.4. The minimum atomic E-state index is -3.65. The molecule has 0 bridgehead atoms. The van der Waals surface area contributed by atoms with Crippen LogP contribution >= 0.6 is 0 Å². The van der Waals surface area contributed by atoms with Gasteiger partial charge in [0.2, 0.25) is 10.0 Å². The lowest BCUT2D eigenvalue weighted by molar-refractivity contribution is -0.125. The molecule has 1 rings (SSSR count). The number of primary amides is 1. The van der Waals surface area contributed by atoms with Gasteiger partial charge in [-0.2, -0.15) is 0 Å². The molecule has 0 radical (unpaired) electrons. The molecule has 1 aromatic rings. The lowest BCUT2D eigenvalue weighted by atomic mass is 10.2. The van der Waals surface area contributed by atoms with Crippen LogP contribution in [0.4, 0.5) is 0 Å². The van der Waals surface area contributed by atoms with Gasteiger partial charge < -0.3 is 10.5 Å². The van der Waals surface area contributed by atoms with E-state index in [1.807, 2.05) is 0 Å². The van der Waals surface area contributed by atoms with Crippen molar-refractivity contribution in [2.45, 2.75) is 17.9 Å². The fourth-order valence-electron chi connectivity index (χ4n) is 1.19. The Labute approximate surface area is 110 Å². The normalized spacial score (nSPS) is 12.7. The zero-order valence-corrected chi connectivity index (χ0v) is 11.2. The van der Waals surface area contributed by atoms with Gasteiger partial charge in [0.25, 0.3) is 5.91 Å². The van der Waals surface area contributed by atoms with Gasteiger partial charge in [-0.3, -0.25) is 4.79 Å². The molecule has 19 heavy (non-hydrogen) atoms. The fourth-order valence-corrected chi connectivity index (χ4v) is 1.97. The maximum absolute atomic E-state index is 11.7. The Morgan fingerprint density at radius 1 is 1.37 bits per heavy atom. The second-order valence-corrected chi connectivity index (χ2v) is 5.57. The van der Waals surface area contributed by atoms with Crippen LogP contribution in [0.1, 0.15) is 17.3 Å². The Bertz CT molecular complexity index is 597. The van der Waals surface area contributed by atoms with Crippen LogP contribution in [0, 0.1) is 0 Å². The van der Waals surface area contributed by atoms with Crippen molar-refractivity contribution in [3.63, 3.8) is 0 Å². The van der Waals surface area contributed by atoms with Crippen molar-refractivity contribution in [2.75, 3.05) is 7.05 Å². The Morgan fingerprint density at radius 3 is 2.53 bits per heavy atom. The van der Waals surface area contributed by atoms with E-state index >= 15 is 0 Å². The number of benzene rings is 1. The number of hydrogen-bond acceptors (Lipinski definition) is 5. The molecule has 1 unspecified atom stereocenters. The molecule has 1 aromatic carbocycles. The van der Waals surface area contributed by atoms with Gasteiger partial charge in [-0.1, -0.05) is 6.07 Å². The first kappa shape index (κ1) is 15.1. The highest BCUT2D eigenvalue weighted by Crippen LogP contribution is 2.12. The van der Waals surface area contributed by atoms with Crippen LogP contribution in [0.3, 0.4) is 0 Å². The van der Waals surface area contributed by atoms with Crippen LogP contribution in [0.5, 0.6) is 0 Å². The van der Waals surface area contributed by atoms with Crippen molar-refractivity contribution < 1.29 is 22.7 Å². The number of sulfonamides is 1. The topological polar surface area (TPSA) is 116 Å². The number of carbonyl (C=O) groups excluding carboxylic acids is 2. The summed E-state index contributed by atoms with van der Waals surface area (Å²) in [6.45, 7) is 1.33. The van der Waals surface area contributed by atoms with Crippen LogP contribution < -0.4 is 10.5 Å². The van der Waals surface area contributed by atoms with Gasteiger partial charge in [0.1, 0.15) is 0 Å². The first-order chi connectivity index (χ1) is 8.77. The van der Waals surface area contributed by atoms with Gasteiger partial charge in [-0.25, -0.2) is 17.9 Å². The Hall–Kier alpha value is -1.93. The van der Waals surface area contributed by atoms with Gasteiger partial charge in [-0.15, -0.1) is 0 Å². The van der Waals surface area contributed by atoms with Crippen molar-refractivity contribution in [3.8, 4) is 0 Å². The molecule has 0 heterocycles. The van der Waals surface area contributed by atoms with Crippen LogP contribution in [-0.2, 0) is 19.6 Å². The van der Waals surface area contributed by atoms with Crippen molar-refractivity contribution in [2.24, 2.45) is 5.73 Å². The highest BCUT2D eigenvalue weighted by atomic mass is 32.2. The van der Waals surface area contributed by atoms with E-state index in [0.29, 0.717) is 0 Å². The Morgan fingerprint density at radius 2 is 2.00 bits per heavy atom. The number of amides is 1. The molecule has 0 aliphatic carbocycles. The number of ether oxygens (including phenoxy) is 1. The average Bonchev–Trinajstić information content (AvgIpc) is 2.38. The van der Waals surface area contributed by atoms with Gasteiger partial charge >= 0.3 is 5.97 Å². The number of carbonyl (C=O) groups is 2. The summed E-state index contributed by atoms with van der Waals surface area (Å²) in [7, 11) is -2.39. The van der Waals surface area contributed by atoms with Crippen LogP contribution in [0.2, 0.25) is 0 Å². The van der Waals surface area contributed by atoms with E-state index in [9.17, 15) is 18.0 Å². The Balaban J connectivity index is 3.00. The molecular formula is C11H14N2O5S. The largest absolute Gasteiger partial charge is 0.449 e. The molecule has 0 spiro atoms. The van der Waals surface area contributed by atoms with Gasteiger partial charge in [0.15, 0.2) is 6.10 Å². The number of esters is 1. The number of hydrogen-bond donors (Lipinski definition) is 2. The summed E-state index contributed by atoms with van der Waals surface area (Å²) in [5.74, 6) is -1.60. The average molecular weight is 286 g/mol. The molecule has 8 heteroatoms. The maximum Gasteiger partial charge on any atom is 0.338 e. The van der Waals surface area contributed by atoms with E-state index in [4.69, 9.17) is 10.5 Å². The Kier molecular flexibility index (Phi) is 4.62. The second-order valence-electron chi connectivity index (χ2n) is 3.69. The van der Waals surface area contributed by atoms with Gasteiger partial charge in [0, 0.05) is 0 Å². The molecule has 0 aliphatic rings. The molecule has 0 fully saturated rings. The molecule has 104 valence electrons. The van der Waals surface area contributed by atoms with E-state index in [1.165, 1.54) is 32.2 Å². The second kappa shape index (κ2) is 5.81. The first-order valence-electron chi connectivity index (χ1n) is 5.32. The quantitative estimate of drug-likeness (QED) is 0.716. The molecule has 3 N–H and O–H groups in total. The highest BCUT2D eigenvalue weighted by Gasteiger charge is 2.18. The van der Waals surface area contributed by atoms with Crippen LogP contribution in [0.25, 0.3) is 0 Å². The van der Waals surface area contributed by atoms with Crippen molar-refractivity contribution in [3.05, 3.63) is 29.8 Å². The number of nitrogens with one attached hydrogen (secondary N) is 1. The molecular weight excluding hydrogens is 272 g/mol. The minimum absolute atomic E-state index is 0.0180. The molecule has 1 atom stereocenters. The zero-order chi connectivity index (χ0) is 14.6. The monoisotopic (exact) mass is 286 g/mol. The summed E-state index contributed by atoms with van der Waals surface area (Å²) < 4.78 is 30.0. The van der Waals surface area contributed by atoms with E-state index in [-0.39, 0.29) is 10.5 Å². The van der Waals surface area contributed by atoms with Crippen LogP contribution in [-0.4, -0.2) is 33.4 Å². The predicted molar refractivity (Wildman–Crippen MR) is 66.8 cm³/mol. The number of nitrogens with two attached hydrogens (primary N) is 1. The minimum Gasteiger partial charge on any atom is -0.449 e. The summed E-state index contributed by atoms with van der Waals surface area (Å²) in [5.41, 5.74) is 4.98. The molecule has 0 aromatic heterocycles. The highest BCUT2D eigenvalue weighted by molar-refractivity contribution is 7.89. The summed E-state index contributed by atoms with van der Waals surface area (Å²) in [4.78, 5) is 22.4. The fraction of sp³-hybridized carbons (Fsp3) is 0.273. The van der Waals surface area contributed by atoms with Crippen molar-refractivity contribution in [1.82, 2.24) is 4.72 Å². The standard InChI is InChI=1S/C11H14N2O5S/c1-7(10(12)14)18-11(15)8-4-3-5-9(6-8)19(16,17)13-2/h3-7,13H,1-2H3,(H2,12,14). The molecule has 0 saturated heterocycles. The number of rotatable bonds is 5. The summed E-state index contributed by atoms with van der Waals surface area (Å²) in [6, 6.07) is 5.27. The summed E-state index contributed by atoms with van der Waals surface area (Å²) in [5, 5.41) is 0. The van der Waals surface area contributed by atoms with Crippen molar-refractivity contribution in [1.29, 1.82) is 0 Å². The van der Waals surface area contributed by atoms with Crippen molar-refractivity contribution >= 4 is 21.9 Å². The SMILES string of the molecule is CNS(=O)(=O)c1cccc(C(=O)OC(C)C(N)=O)c1. The smallest absolute Gasteiger partial charge is 0.338 e. The van der Waals surface area contributed by atoms with Gasteiger partial charge in [0.05, 0.1) is 10.5 Å². The van der Waals surface area contributed by atoms with Gasteiger partial charge in [-0.05, 0) is 32.2 Å². The summed E-state index contributed by atoms with van der Waals surface area (Å²) >= 11 is 0. The van der Waals surface area contributed by atoms with E-state index < -0.39 is 28.0 Å². The molecule has 1 amide bonds. The summed E-state index contributed by atoms with van der Waals surface area (Å²) in [6.07, 6.45) is -1.09. The molecule has 0 aliphatic heterocycles. The molecule has 7 nitrogen and oxygen atoms in total. The first-order valence-corrected chi connectivity index (χ1v) is 6.80.